The molecule has 8 nitrogen and oxygen atoms in total. The van der Waals surface area contributed by atoms with E-state index in [4.69, 9.17) is 6.42 Å². The Hall–Kier alpha value is -3.22. The molecule has 4 rings (SSSR count). The average Bonchev–Trinajstić information content (AvgIpc) is 3.68. The molecule has 2 atom stereocenters. The maximum atomic E-state index is 13.8. The summed E-state index contributed by atoms with van der Waals surface area (Å²) in [5.41, 5.74) is 4.47. The fraction of sp³-hybridized carbons (Fsp3) is 0.600. The molecular formula is C35H49N5O3S. The van der Waals surface area contributed by atoms with Crippen molar-refractivity contribution in [2.24, 2.45) is 11.3 Å². The maximum absolute atomic E-state index is 13.8. The van der Waals surface area contributed by atoms with Crippen molar-refractivity contribution in [3.8, 4) is 22.8 Å². The van der Waals surface area contributed by atoms with Crippen LogP contribution in [0.4, 0.5) is 0 Å². The highest BCUT2D eigenvalue weighted by molar-refractivity contribution is 7.13. The Morgan fingerprint density at radius 1 is 1.07 bits per heavy atom. The van der Waals surface area contributed by atoms with E-state index in [1.165, 1.54) is 0 Å². The highest BCUT2D eigenvalue weighted by atomic mass is 32.1. The Kier molecular flexibility index (Phi) is 12.0. The second-order valence-electron chi connectivity index (χ2n) is 13.3. The lowest BCUT2D eigenvalue weighted by molar-refractivity contribution is -0.143. The first-order chi connectivity index (χ1) is 21.1. The average molecular weight is 620 g/mol. The topological polar surface area (TPSA) is 94.6 Å². The molecule has 2 saturated heterocycles. The van der Waals surface area contributed by atoms with Crippen LogP contribution in [0.25, 0.3) is 10.4 Å². The number of aromatic nitrogens is 1. The fourth-order valence-corrected chi connectivity index (χ4v) is 6.94. The van der Waals surface area contributed by atoms with Gasteiger partial charge in [0.1, 0.15) is 12.1 Å². The van der Waals surface area contributed by atoms with Crippen molar-refractivity contribution >= 4 is 29.1 Å². The van der Waals surface area contributed by atoms with E-state index in [0.29, 0.717) is 31.8 Å². The third-order valence-electron chi connectivity index (χ3n) is 8.89. The molecule has 44 heavy (non-hydrogen) atoms. The van der Waals surface area contributed by atoms with E-state index < -0.39 is 17.5 Å². The highest BCUT2D eigenvalue weighted by Crippen LogP contribution is 2.28. The Labute approximate surface area is 267 Å². The van der Waals surface area contributed by atoms with E-state index in [-0.39, 0.29) is 17.7 Å². The number of amides is 3. The molecule has 1 aromatic heterocycles. The molecule has 2 N–H and O–H groups in total. The Balaban J connectivity index is 1.24. The van der Waals surface area contributed by atoms with Gasteiger partial charge in [-0.3, -0.25) is 14.4 Å². The van der Waals surface area contributed by atoms with Crippen LogP contribution >= 0.6 is 11.3 Å². The molecule has 238 valence electrons. The van der Waals surface area contributed by atoms with Crippen LogP contribution in [-0.2, 0) is 20.9 Å². The van der Waals surface area contributed by atoms with Gasteiger partial charge in [-0.05, 0) is 81.6 Å². The van der Waals surface area contributed by atoms with Gasteiger partial charge in [-0.25, -0.2) is 4.98 Å². The Morgan fingerprint density at radius 3 is 2.43 bits per heavy atom. The molecule has 0 saturated carbocycles. The molecule has 0 unspecified atom stereocenters. The van der Waals surface area contributed by atoms with Gasteiger partial charge in [0.15, 0.2) is 0 Å². The number of terminal acetylenes is 1. The number of thiazole rings is 1. The molecule has 3 amide bonds. The van der Waals surface area contributed by atoms with Crippen molar-refractivity contribution in [1.29, 1.82) is 0 Å². The SMILES string of the molecule is C#CC1CCN(CCCCCC(=O)N[C@H](C(=O)N2CCC[C@H]2C(=O)NCc2ccc(-c3scnc3C)cc2)C(C)(C)C)CC1. The molecule has 2 aromatic rings. The fourth-order valence-electron chi connectivity index (χ4n) is 6.13. The summed E-state index contributed by atoms with van der Waals surface area (Å²) >= 11 is 1.61. The van der Waals surface area contributed by atoms with Crippen molar-refractivity contribution in [1.82, 2.24) is 25.4 Å². The summed E-state index contributed by atoms with van der Waals surface area (Å²) in [4.78, 5) is 49.6. The van der Waals surface area contributed by atoms with Gasteiger partial charge in [0.2, 0.25) is 17.7 Å². The van der Waals surface area contributed by atoms with Gasteiger partial charge in [0, 0.05) is 25.4 Å². The lowest BCUT2D eigenvalue weighted by atomic mass is 9.85. The Bertz CT molecular complexity index is 1300. The number of carbonyl (C=O) groups excluding carboxylic acids is 3. The number of hydrogen-bond donors (Lipinski definition) is 2. The molecule has 0 bridgehead atoms. The molecule has 0 spiro atoms. The first kappa shape index (κ1) is 33.7. The van der Waals surface area contributed by atoms with Gasteiger partial charge < -0.3 is 20.4 Å². The van der Waals surface area contributed by atoms with Gasteiger partial charge in [-0.2, -0.15) is 0 Å². The van der Waals surface area contributed by atoms with Gasteiger partial charge in [0.25, 0.3) is 0 Å². The van der Waals surface area contributed by atoms with Crippen molar-refractivity contribution in [2.75, 3.05) is 26.2 Å². The normalized spacial score (nSPS) is 18.5. The van der Waals surface area contributed by atoms with Gasteiger partial charge in [-0.1, -0.05) is 51.5 Å². The van der Waals surface area contributed by atoms with E-state index in [9.17, 15) is 14.4 Å². The summed E-state index contributed by atoms with van der Waals surface area (Å²) in [6.07, 6.45) is 12.3. The van der Waals surface area contributed by atoms with E-state index in [1.807, 2.05) is 57.5 Å². The van der Waals surface area contributed by atoms with Gasteiger partial charge in [0.05, 0.1) is 16.1 Å². The monoisotopic (exact) mass is 619 g/mol. The van der Waals surface area contributed by atoms with Crippen LogP contribution in [0.5, 0.6) is 0 Å². The predicted octanol–water partition coefficient (Wildman–Crippen LogP) is 5.16. The lowest BCUT2D eigenvalue weighted by Gasteiger charge is -2.35. The molecule has 0 aliphatic carbocycles. The first-order valence-electron chi connectivity index (χ1n) is 16.1. The number of carbonyl (C=O) groups is 3. The minimum Gasteiger partial charge on any atom is -0.350 e. The van der Waals surface area contributed by atoms with Gasteiger partial charge in [-0.15, -0.1) is 23.7 Å². The van der Waals surface area contributed by atoms with Crippen LogP contribution in [0, 0.1) is 30.6 Å². The molecule has 2 aliphatic heterocycles. The van der Waals surface area contributed by atoms with E-state index >= 15 is 0 Å². The number of unbranched alkanes of at least 4 members (excludes halogenated alkanes) is 2. The minimum absolute atomic E-state index is 0.106. The number of benzene rings is 1. The van der Waals surface area contributed by atoms with Gasteiger partial charge >= 0.3 is 0 Å². The molecule has 2 aliphatic rings. The quantitative estimate of drug-likeness (QED) is 0.253. The third-order valence-corrected chi connectivity index (χ3v) is 9.86. The zero-order valence-corrected chi connectivity index (χ0v) is 27.7. The van der Waals surface area contributed by atoms with E-state index in [0.717, 1.165) is 79.9 Å². The summed E-state index contributed by atoms with van der Waals surface area (Å²) in [5, 5.41) is 6.06. The van der Waals surface area contributed by atoms with Crippen LogP contribution in [0.3, 0.4) is 0 Å². The predicted molar refractivity (Wildman–Crippen MR) is 177 cm³/mol. The standard InChI is InChI=1S/C35H49N5O3S/c1-6-26-17-21-39(22-18-26)19-9-7-8-12-30(41)38-32(35(3,4)5)34(43)40-20-10-11-29(40)33(42)36-23-27-13-15-28(16-14-27)31-25(2)37-24-44-31/h1,13-16,24,26,29,32H,7-12,17-23H2,2-5H3,(H,36,42)(H,38,41)/t29-,32+/m0/s1. The van der Waals surface area contributed by atoms with Crippen LogP contribution in [0.2, 0.25) is 0 Å². The number of rotatable bonds is 12. The zero-order valence-electron chi connectivity index (χ0n) is 26.9. The van der Waals surface area contributed by atoms with Crippen molar-refractivity contribution in [3.63, 3.8) is 0 Å². The summed E-state index contributed by atoms with van der Waals surface area (Å²) in [6.45, 7) is 11.9. The van der Waals surface area contributed by atoms with Crippen molar-refractivity contribution in [3.05, 3.63) is 41.0 Å². The maximum Gasteiger partial charge on any atom is 0.246 e. The smallest absolute Gasteiger partial charge is 0.246 e. The lowest BCUT2D eigenvalue weighted by Crippen LogP contribution is -2.57. The third kappa shape index (κ3) is 9.15. The number of piperidine rings is 1. The summed E-state index contributed by atoms with van der Waals surface area (Å²) in [6, 6.07) is 6.90. The largest absolute Gasteiger partial charge is 0.350 e. The summed E-state index contributed by atoms with van der Waals surface area (Å²) in [7, 11) is 0. The second kappa shape index (κ2) is 15.7. The number of likely N-dealkylation sites (tertiary alicyclic amines) is 2. The minimum atomic E-state index is -0.691. The van der Waals surface area contributed by atoms with E-state index in [1.54, 1.807) is 16.2 Å². The Morgan fingerprint density at radius 2 is 1.80 bits per heavy atom. The molecule has 3 heterocycles. The zero-order chi connectivity index (χ0) is 31.7. The summed E-state index contributed by atoms with van der Waals surface area (Å²) < 4.78 is 0. The molecule has 1 aromatic carbocycles. The second-order valence-corrected chi connectivity index (χ2v) is 14.2. The number of nitrogens with one attached hydrogen (secondary N) is 2. The highest BCUT2D eigenvalue weighted by Gasteiger charge is 2.41. The van der Waals surface area contributed by atoms with Crippen LogP contribution in [-0.4, -0.2) is 70.8 Å². The summed E-state index contributed by atoms with van der Waals surface area (Å²) in [5.74, 6) is 2.85. The molecule has 2 fully saturated rings. The van der Waals surface area contributed by atoms with Crippen LogP contribution < -0.4 is 10.6 Å². The van der Waals surface area contributed by atoms with Crippen molar-refractivity contribution in [2.45, 2.75) is 97.7 Å². The molecule has 9 heteroatoms. The van der Waals surface area contributed by atoms with Crippen molar-refractivity contribution < 1.29 is 14.4 Å². The molecular weight excluding hydrogens is 570 g/mol. The van der Waals surface area contributed by atoms with Crippen LogP contribution in [0.1, 0.15) is 83.4 Å². The number of hydrogen-bond acceptors (Lipinski definition) is 6. The first-order valence-corrected chi connectivity index (χ1v) is 17.0. The van der Waals surface area contributed by atoms with E-state index in [2.05, 4.69) is 26.4 Å². The number of nitrogens with zero attached hydrogens (tertiary/aromatic N) is 3. The van der Waals surface area contributed by atoms with Crippen LogP contribution in [0.15, 0.2) is 29.8 Å². The molecule has 0 radical (unpaired) electrons. The number of aryl methyl sites for hydroxylation is 1.